The molecule has 3 aliphatic rings. The van der Waals surface area contributed by atoms with Gasteiger partial charge in [0.1, 0.15) is 0 Å². The topological polar surface area (TPSA) is 65.5 Å². The third-order valence-electron chi connectivity index (χ3n) is 6.73. The number of amidine groups is 1. The van der Waals surface area contributed by atoms with Crippen molar-refractivity contribution in [3.8, 4) is 0 Å². The van der Waals surface area contributed by atoms with E-state index in [9.17, 15) is 9.59 Å². The van der Waals surface area contributed by atoms with Gasteiger partial charge in [-0.2, -0.15) is 0 Å². The van der Waals surface area contributed by atoms with Crippen molar-refractivity contribution in [3.63, 3.8) is 0 Å². The summed E-state index contributed by atoms with van der Waals surface area (Å²) in [6.45, 7) is 5.18. The molecule has 1 amide bonds. The van der Waals surface area contributed by atoms with Crippen molar-refractivity contribution in [2.75, 3.05) is 39.8 Å². The Labute approximate surface area is 226 Å². The quantitative estimate of drug-likeness (QED) is 0.495. The van der Waals surface area contributed by atoms with Gasteiger partial charge in [-0.25, -0.2) is 9.79 Å². The van der Waals surface area contributed by atoms with Gasteiger partial charge in [0, 0.05) is 42.5 Å². The van der Waals surface area contributed by atoms with Gasteiger partial charge in [-0.15, -0.1) is 0 Å². The van der Waals surface area contributed by atoms with Crippen molar-refractivity contribution in [3.05, 3.63) is 87.4 Å². The lowest BCUT2D eigenvalue weighted by molar-refractivity contribution is -0.139. The molecule has 0 spiro atoms. The summed E-state index contributed by atoms with van der Waals surface area (Å²) in [7, 11) is 2.07. The number of thioether (sulfide) groups is 1. The predicted octanol–water partition coefficient (Wildman–Crippen LogP) is 4.78. The van der Waals surface area contributed by atoms with Gasteiger partial charge in [0.25, 0.3) is 0 Å². The summed E-state index contributed by atoms with van der Waals surface area (Å²) in [6, 6.07) is 16.6. The molecule has 0 bridgehead atoms. The predicted molar refractivity (Wildman–Crippen MR) is 148 cm³/mol. The molecule has 2 aromatic carbocycles. The molecule has 37 heavy (non-hydrogen) atoms. The normalized spacial score (nSPS) is 19.9. The first-order chi connectivity index (χ1) is 18.0. The van der Waals surface area contributed by atoms with E-state index in [1.54, 1.807) is 6.92 Å². The molecule has 0 radical (unpaired) electrons. The van der Waals surface area contributed by atoms with E-state index in [0.29, 0.717) is 29.4 Å². The van der Waals surface area contributed by atoms with Crippen LogP contribution in [0, 0.1) is 0 Å². The number of carbonyl (C=O) groups is 2. The van der Waals surface area contributed by atoms with E-state index in [2.05, 4.69) is 11.9 Å². The monoisotopic (exact) mass is 536 g/mol. The van der Waals surface area contributed by atoms with Crippen LogP contribution < -0.4 is 0 Å². The minimum Gasteiger partial charge on any atom is -0.463 e. The number of likely N-dealkylation sites (N-methyl/N-ethyl adjacent to an activating group) is 1. The molecule has 1 saturated heterocycles. The number of fused-ring (bicyclic) bond motifs is 1. The molecule has 5 rings (SSSR count). The van der Waals surface area contributed by atoms with Crippen LogP contribution >= 0.6 is 23.4 Å². The molecule has 1 atom stereocenters. The fraction of sp³-hybridized carbons (Fsp3) is 0.321. The van der Waals surface area contributed by atoms with Crippen LogP contribution in [-0.4, -0.2) is 71.6 Å². The second-order valence-corrected chi connectivity index (χ2v) is 10.4. The lowest BCUT2D eigenvalue weighted by Crippen LogP contribution is -2.47. The SMILES string of the molecule is CCOC(=O)C1=C(c2ccccc2)N=C2SC=C(CC(=O)N3CCN(C)CC3)N2C1c1ccc(Cl)cc1. The molecule has 192 valence electrons. The summed E-state index contributed by atoms with van der Waals surface area (Å²) < 4.78 is 5.55. The number of halogens is 1. The Hall–Kier alpha value is -3.07. The molecule has 2 aromatic rings. The molecule has 0 N–H and O–H groups in total. The molecular weight excluding hydrogens is 508 g/mol. The molecule has 0 aliphatic carbocycles. The summed E-state index contributed by atoms with van der Waals surface area (Å²) in [5, 5.41) is 3.31. The summed E-state index contributed by atoms with van der Waals surface area (Å²) in [4.78, 5) is 37.9. The van der Waals surface area contributed by atoms with Gasteiger partial charge in [0.15, 0.2) is 5.17 Å². The molecule has 0 saturated carbocycles. The van der Waals surface area contributed by atoms with Gasteiger partial charge in [-0.1, -0.05) is 65.8 Å². The van der Waals surface area contributed by atoms with Gasteiger partial charge in [0.2, 0.25) is 5.91 Å². The smallest absolute Gasteiger partial charge is 0.338 e. The number of amides is 1. The lowest BCUT2D eigenvalue weighted by atomic mass is 9.91. The van der Waals surface area contributed by atoms with Crippen molar-refractivity contribution in [1.29, 1.82) is 0 Å². The number of ether oxygens (including phenoxy) is 1. The fourth-order valence-electron chi connectivity index (χ4n) is 4.77. The summed E-state index contributed by atoms with van der Waals surface area (Å²) >= 11 is 7.69. The van der Waals surface area contributed by atoms with Crippen molar-refractivity contribution in [2.24, 2.45) is 4.99 Å². The van der Waals surface area contributed by atoms with Crippen LogP contribution in [0.25, 0.3) is 5.70 Å². The van der Waals surface area contributed by atoms with Crippen LogP contribution in [0.5, 0.6) is 0 Å². The van der Waals surface area contributed by atoms with Gasteiger partial charge in [-0.05, 0) is 37.1 Å². The number of hydrogen-bond acceptors (Lipinski definition) is 7. The maximum atomic E-state index is 13.5. The second-order valence-electron chi connectivity index (χ2n) is 9.16. The largest absolute Gasteiger partial charge is 0.463 e. The van der Waals surface area contributed by atoms with Crippen LogP contribution in [0.1, 0.15) is 30.5 Å². The van der Waals surface area contributed by atoms with Crippen molar-refractivity contribution in [1.82, 2.24) is 14.7 Å². The average Bonchev–Trinajstić information content (AvgIpc) is 3.31. The summed E-state index contributed by atoms with van der Waals surface area (Å²) in [5.74, 6) is -0.350. The highest BCUT2D eigenvalue weighted by molar-refractivity contribution is 8.16. The Kier molecular flexibility index (Phi) is 7.69. The van der Waals surface area contributed by atoms with E-state index in [1.807, 2.05) is 69.8 Å². The van der Waals surface area contributed by atoms with Gasteiger partial charge >= 0.3 is 5.97 Å². The second kappa shape index (κ2) is 11.1. The number of esters is 1. The Morgan fingerprint density at radius 3 is 2.43 bits per heavy atom. The Morgan fingerprint density at radius 2 is 1.76 bits per heavy atom. The zero-order chi connectivity index (χ0) is 25.9. The van der Waals surface area contributed by atoms with Crippen molar-refractivity contribution in [2.45, 2.75) is 19.4 Å². The van der Waals surface area contributed by atoms with Crippen LogP contribution in [0.4, 0.5) is 0 Å². The van der Waals surface area contributed by atoms with Gasteiger partial charge in [-0.3, -0.25) is 4.79 Å². The van der Waals surface area contributed by atoms with E-state index >= 15 is 0 Å². The Morgan fingerprint density at radius 1 is 1.05 bits per heavy atom. The van der Waals surface area contributed by atoms with Gasteiger partial charge in [0.05, 0.1) is 30.3 Å². The van der Waals surface area contributed by atoms with Crippen LogP contribution in [-0.2, 0) is 14.3 Å². The highest BCUT2D eigenvalue weighted by Gasteiger charge is 2.42. The average molecular weight is 537 g/mol. The maximum absolute atomic E-state index is 13.5. The Bertz CT molecular complexity index is 1270. The zero-order valence-corrected chi connectivity index (χ0v) is 22.5. The number of carbonyl (C=O) groups excluding carboxylic acids is 2. The van der Waals surface area contributed by atoms with E-state index in [4.69, 9.17) is 21.3 Å². The Balaban J connectivity index is 1.57. The molecular formula is C28H29ClN4O3S. The molecule has 7 nitrogen and oxygen atoms in total. The number of piperazine rings is 1. The standard InChI is InChI=1S/C28H29ClN4O3S/c1-3-36-27(35)24-25(19-7-5-4-6-8-19)30-28-33(26(24)20-9-11-21(29)12-10-20)22(18-37-28)17-23(34)32-15-13-31(2)14-16-32/h4-12,18,26H,3,13-17H2,1-2H3. The molecule has 1 unspecified atom stereocenters. The van der Waals surface area contributed by atoms with E-state index in [0.717, 1.165) is 35.1 Å². The first-order valence-electron chi connectivity index (χ1n) is 12.4. The molecule has 3 aliphatic heterocycles. The fourth-order valence-corrected chi connectivity index (χ4v) is 5.82. The first kappa shape index (κ1) is 25.6. The van der Waals surface area contributed by atoms with E-state index in [1.165, 1.54) is 11.8 Å². The molecule has 1 fully saturated rings. The highest BCUT2D eigenvalue weighted by Crippen LogP contribution is 2.47. The number of rotatable bonds is 6. The number of aliphatic imine (C=N–C) groups is 1. The molecule has 0 aromatic heterocycles. The van der Waals surface area contributed by atoms with Gasteiger partial charge < -0.3 is 19.4 Å². The number of hydrogen-bond donors (Lipinski definition) is 0. The van der Waals surface area contributed by atoms with Crippen LogP contribution in [0.15, 0.2) is 76.3 Å². The van der Waals surface area contributed by atoms with Crippen molar-refractivity contribution >= 4 is 46.1 Å². The first-order valence-corrected chi connectivity index (χ1v) is 13.6. The molecule has 3 heterocycles. The third kappa shape index (κ3) is 5.32. The maximum Gasteiger partial charge on any atom is 0.338 e. The minimum absolute atomic E-state index is 0.0755. The lowest BCUT2D eigenvalue weighted by Gasteiger charge is -2.38. The van der Waals surface area contributed by atoms with Crippen LogP contribution in [0.2, 0.25) is 5.02 Å². The zero-order valence-electron chi connectivity index (χ0n) is 20.9. The molecule has 9 heteroatoms. The number of benzene rings is 2. The van der Waals surface area contributed by atoms with Crippen LogP contribution in [0.3, 0.4) is 0 Å². The summed E-state index contributed by atoms with van der Waals surface area (Å²) in [6.07, 6.45) is 0.233. The van der Waals surface area contributed by atoms with E-state index in [-0.39, 0.29) is 18.9 Å². The third-order valence-corrected chi connectivity index (χ3v) is 7.87. The minimum atomic E-state index is -0.513. The van der Waals surface area contributed by atoms with Crippen molar-refractivity contribution < 1.29 is 14.3 Å². The number of nitrogens with zero attached hydrogens (tertiary/aromatic N) is 4. The summed E-state index contributed by atoms with van der Waals surface area (Å²) in [5.41, 5.74) is 3.55. The highest BCUT2D eigenvalue weighted by atomic mass is 35.5. The van der Waals surface area contributed by atoms with E-state index < -0.39 is 12.0 Å².